The fourth-order valence-electron chi connectivity index (χ4n) is 5.36. The van der Waals surface area contributed by atoms with Crippen LogP contribution in [0.2, 0.25) is 18.1 Å². The van der Waals surface area contributed by atoms with E-state index >= 15 is 0 Å². The van der Waals surface area contributed by atoms with Gasteiger partial charge in [-0.15, -0.1) is 11.8 Å². The fourth-order valence-corrected chi connectivity index (χ4v) is 7.34. The van der Waals surface area contributed by atoms with Gasteiger partial charge in [-0.25, -0.2) is 0 Å². The van der Waals surface area contributed by atoms with E-state index in [1.165, 1.54) is 0 Å². The molecule has 0 N–H and O–H groups in total. The molecular weight excluding hydrogens is 520 g/mol. The summed E-state index contributed by atoms with van der Waals surface area (Å²) in [6, 6.07) is 10.3. The lowest BCUT2D eigenvalue weighted by molar-refractivity contribution is -0.342. The third kappa shape index (κ3) is 6.69. The van der Waals surface area contributed by atoms with Crippen LogP contribution < -0.4 is 0 Å². The van der Waals surface area contributed by atoms with E-state index in [2.05, 4.69) is 52.9 Å². The molecule has 1 aromatic carbocycles. The first-order chi connectivity index (χ1) is 18.1. The normalized spacial score (nSPS) is 35.9. The minimum absolute atomic E-state index is 0.0517. The molecule has 2 saturated heterocycles. The Morgan fingerprint density at radius 1 is 0.895 bits per heavy atom. The van der Waals surface area contributed by atoms with Gasteiger partial charge in [0.05, 0.1) is 25.4 Å². The van der Waals surface area contributed by atoms with Crippen molar-refractivity contribution in [2.45, 2.75) is 120 Å². The van der Waals surface area contributed by atoms with Crippen molar-refractivity contribution >= 4 is 20.1 Å². The Morgan fingerprint density at radius 3 is 2.05 bits per heavy atom. The highest BCUT2D eigenvalue weighted by atomic mass is 32.2. The Hall–Kier alpha value is -0.493. The number of benzene rings is 1. The zero-order valence-corrected chi connectivity index (χ0v) is 26.2. The van der Waals surface area contributed by atoms with Crippen molar-refractivity contribution in [2.75, 3.05) is 26.6 Å². The Bertz CT molecular complexity index is 866. The van der Waals surface area contributed by atoms with E-state index in [1.807, 2.05) is 18.2 Å². The second kappa shape index (κ2) is 13.0. The van der Waals surface area contributed by atoms with Gasteiger partial charge in [-0.1, -0.05) is 58.0 Å². The van der Waals surface area contributed by atoms with E-state index in [-0.39, 0.29) is 59.3 Å². The van der Waals surface area contributed by atoms with Crippen molar-refractivity contribution in [3.8, 4) is 0 Å². The summed E-state index contributed by atoms with van der Waals surface area (Å²) in [5.74, 6) is 0.905. The predicted octanol–water partition coefficient (Wildman–Crippen LogP) is 5.42. The topological polar surface area (TPSA) is 64.6 Å². The molecule has 0 aromatic heterocycles. The van der Waals surface area contributed by atoms with E-state index in [0.29, 0.717) is 13.2 Å². The number of ether oxygens (including phenoxy) is 6. The molecule has 9 heteroatoms. The van der Waals surface area contributed by atoms with Gasteiger partial charge in [0, 0.05) is 14.2 Å². The Kier molecular flexibility index (Phi) is 10.4. The highest BCUT2D eigenvalue weighted by Gasteiger charge is 2.57. The molecule has 3 fully saturated rings. The standard InChI is InChI=1S/C29H48O7SSi/c1-9-37-28-27(32-17-19-13-11-10-12-14-19)26-25(22(34-28)18-33-38(7,8)29(2,3)4)35-23-20(30-5)15-16-21(31-6)24(23)36-26/h10-14,20-28H,9,15-18H2,1-8H3/t20-,21-,22-,23+,24+,25-,26+,27+,28-/m1/s1. The number of hydrogen-bond acceptors (Lipinski definition) is 8. The second-order valence-electron chi connectivity index (χ2n) is 12.1. The van der Waals surface area contributed by atoms with Gasteiger partial charge in [-0.05, 0) is 42.3 Å². The summed E-state index contributed by atoms with van der Waals surface area (Å²) in [5, 5.41) is 0.102. The van der Waals surface area contributed by atoms with Crippen LogP contribution in [0.4, 0.5) is 0 Å². The van der Waals surface area contributed by atoms with Gasteiger partial charge in [0.25, 0.3) is 0 Å². The molecule has 2 aliphatic heterocycles. The van der Waals surface area contributed by atoms with Crippen LogP contribution >= 0.6 is 11.8 Å². The fraction of sp³-hybridized carbons (Fsp3) is 0.793. The Balaban J connectivity index is 1.62. The Morgan fingerprint density at radius 2 is 1.50 bits per heavy atom. The number of fused-ring (bicyclic) bond motifs is 2. The van der Waals surface area contributed by atoms with Crippen LogP contribution in [0.1, 0.15) is 46.1 Å². The molecule has 0 radical (unpaired) electrons. The molecule has 2 heterocycles. The third-order valence-corrected chi connectivity index (χ3v) is 14.2. The summed E-state index contributed by atoms with van der Waals surface area (Å²) in [5.41, 5.74) is 0.926. The first kappa shape index (κ1) is 30.5. The first-order valence-corrected chi connectivity index (χ1v) is 18.0. The molecule has 216 valence electrons. The summed E-state index contributed by atoms with van der Waals surface area (Å²) < 4.78 is 45.6. The maximum absolute atomic E-state index is 6.94. The Labute approximate surface area is 234 Å². The zero-order valence-electron chi connectivity index (χ0n) is 24.4. The maximum Gasteiger partial charge on any atom is 0.192 e. The van der Waals surface area contributed by atoms with Crippen LogP contribution in [0.15, 0.2) is 30.3 Å². The number of thioether (sulfide) groups is 1. The molecule has 0 amide bonds. The summed E-state index contributed by atoms with van der Waals surface area (Å²) in [6.45, 7) is 14.4. The van der Waals surface area contributed by atoms with Gasteiger partial charge in [0.15, 0.2) is 8.32 Å². The van der Waals surface area contributed by atoms with Gasteiger partial charge >= 0.3 is 0 Å². The van der Waals surface area contributed by atoms with Crippen LogP contribution in [0.5, 0.6) is 0 Å². The monoisotopic (exact) mass is 568 g/mol. The van der Waals surface area contributed by atoms with Crippen LogP contribution in [0.25, 0.3) is 0 Å². The molecule has 1 aromatic rings. The smallest absolute Gasteiger partial charge is 0.192 e. The molecule has 1 saturated carbocycles. The van der Waals surface area contributed by atoms with Crippen molar-refractivity contribution in [1.29, 1.82) is 0 Å². The maximum atomic E-state index is 6.94. The van der Waals surface area contributed by atoms with Crippen molar-refractivity contribution in [3.05, 3.63) is 35.9 Å². The van der Waals surface area contributed by atoms with Crippen molar-refractivity contribution in [2.24, 2.45) is 0 Å². The lowest BCUT2D eigenvalue weighted by Gasteiger charge is -2.55. The van der Waals surface area contributed by atoms with E-state index in [4.69, 9.17) is 32.8 Å². The number of methoxy groups -OCH3 is 2. The summed E-state index contributed by atoms with van der Waals surface area (Å²) >= 11 is 1.75. The second-order valence-corrected chi connectivity index (χ2v) is 18.3. The lowest BCUT2D eigenvalue weighted by Crippen LogP contribution is -2.70. The molecule has 3 aliphatic rings. The van der Waals surface area contributed by atoms with Gasteiger partial charge < -0.3 is 32.8 Å². The number of hydrogen-bond donors (Lipinski definition) is 0. The van der Waals surface area contributed by atoms with E-state index < -0.39 is 8.32 Å². The average Bonchev–Trinajstić information content (AvgIpc) is 2.89. The molecule has 4 rings (SSSR count). The van der Waals surface area contributed by atoms with Gasteiger partial charge in [-0.3, -0.25) is 0 Å². The minimum Gasteiger partial charge on any atom is -0.414 e. The summed E-state index contributed by atoms with van der Waals surface area (Å²) in [7, 11) is 1.51. The SMILES string of the molecule is CCS[C@H]1O[C@H](CO[Si](C)(C)C(C)(C)C)[C@H]2O[C@@H]3[C@@H](O[C@@H]2[C@@H]1OCc1ccccc1)[C@H](OC)CC[C@H]3OC. The van der Waals surface area contributed by atoms with Crippen molar-refractivity contribution in [1.82, 2.24) is 0 Å². The molecular formula is C29H48O7SSi. The predicted molar refractivity (Wildman–Crippen MR) is 153 cm³/mol. The highest BCUT2D eigenvalue weighted by Crippen LogP contribution is 2.43. The van der Waals surface area contributed by atoms with E-state index in [1.54, 1.807) is 26.0 Å². The summed E-state index contributed by atoms with van der Waals surface area (Å²) in [6.07, 6.45) is -0.0298. The molecule has 1 aliphatic carbocycles. The van der Waals surface area contributed by atoms with Crippen LogP contribution in [0.3, 0.4) is 0 Å². The molecule has 9 atom stereocenters. The lowest BCUT2D eigenvalue weighted by atomic mass is 9.86. The first-order valence-electron chi connectivity index (χ1n) is 14.0. The summed E-state index contributed by atoms with van der Waals surface area (Å²) in [4.78, 5) is 0. The molecule has 38 heavy (non-hydrogen) atoms. The van der Waals surface area contributed by atoms with Crippen molar-refractivity contribution in [3.63, 3.8) is 0 Å². The average molecular weight is 569 g/mol. The largest absolute Gasteiger partial charge is 0.414 e. The molecule has 0 unspecified atom stereocenters. The van der Waals surface area contributed by atoms with Crippen LogP contribution in [0, 0.1) is 0 Å². The highest BCUT2D eigenvalue weighted by molar-refractivity contribution is 7.99. The van der Waals surface area contributed by atoms with Crippen LogP contribution in [-0.2, 0) is 39.5 Å². The number of rotatable bonds is 10. The van der Waals surface area contributed by atoms with Crippen molar-refractivity contribution < 1.29 is 32.8 Å². The molecule has 0 spiro atoms. The minimum atomic E-state index is -1.99. The third-order valence-electron chi connectivity index (χ3n) is 8.65. The van der Waals surface area contributed by atoms with E-state index in [9.17, 15) is 0 Å². The van der Waals surface area contributed by atoms with Gasteiger partial charge in [0.1, 0.15) is 42.1 Å². The molecule has 0 bridgehead atoms. The van der Waals surface area contributed by atoms with Gasteiger partial charge in [0.2, 0.25) is 0 Å². The molecule has 7 nitrogen and oxygen atoms in total. The van der Waals surface area contributed by atoms with Gasteiger partial charge in [-0.2, -0.15) is 0 Å². The van der Waals surface area contributed by atoms with Crippen LogP contribution in [-0.4, -0.2) is 89.2 Å². The quantitative estimate of drug-likeness (QED) is 0.347. The van der Waals surface area contributed by atoms with E-state index in [0.717, 1.165) is 24.2 Å². The zero-order chi connectivity index (χ0) is 27.5.